The van der Waals surface area contributed by atoms with E-state index in [1.807, 2.05) is 159 Å². The fourth-order valence-electron chi connectivity index (χ4n) is 8.43. The largest absolute Gasteiger partial charge is 0.488 e. The molecular formula is C60H52F2O8. The second-order valence-electron chi connectivity index (χ2n) is 17.4. The number of ketones is 1. The van der Waals surface area contributed by atoms with E-state index in [4.69, 9.17) is 28.4 Å². The topological polar surface area (TPSA) is 92.7 Å². The zero-order valence-electron chi connectivity index (χ0n) is 38.9. The van der Waals surface area contributed by atoms with E-state index >= 15 is 0 Å². The number of rotatable bonds is 14. The molecule has 8 aromatic rings. The van der Waals surface area contributed by atoms with Crippen LogP contribution < -0.4 is 28.4 Å². The summed E-state index contributed by atoms with van der Waals surface area (Å²) in [6.07, 6.45) is -1.93. The zero-order valence-corrected chi connectivity index (χ0v) is 38.9. The van der Waals surface area contributed by atoms with Gasteiger partial charge in [0.05, 0.1) is 6.10 Å². The molecule has 2 unspecified atom stereocenters. The number of hydrogen-bond donors (Lipinski definition) is 1. The first kappa shape index (κ1) is 47.1. The highest BCUT2D eigenvalue weighted by atomic mass is 19.1. The van der Waals surface area contributed by atoms with Crippen molar-refractivity contribution < 1.29 is 47.1 Å². The van der Waals surface area contributed by atoms with Crippen LogP contribution in [0.15, 0.2) is 182 Å². The second-order valence-corrected chi connectivity index (χ2v) is 17.4. The van der Waals surface area contributed by atoms with E-state index in [1.54, 1.807) is 24.3 Å². The van der Waals surface area contributed by atoms with E-state index in [2.05, 4.69) is 0 Å². The molecule has 3 atom stereocenters. The third-order valence-electron chi connectivity index (χ3n) is 12.0. The average molecular weight is 939 g/mol. The van der Waals surface area contributed by atoms with E-state index in [0.717, 1.165) is 44.5 Å². The zero-order chi connectivity index (χ0) is 48.4. The van der Waals surface area contributed by atoms with Crippen molar-refractivity contribution in [3.63, 3.8) is 0 Å². The molecule has 0 fully saturated rings. The maximum atomic E-state index is 14.8. The Morgan fingerprint density at radius 1 is 0.486 bits per heavy atom. The Kier molecular flexibility index (Phi) is 14.8. The van der Waals surface area contributed by atoms with Crippen molar-refractivity contribution in [1.82, 2.24) is 0 Å². The summed E-state index contributed by atoms with van der Waals surface area (Å²) in [5.41, 5.74) is 8.48. The molecule has 10 rings (SSSR count). The number of halogens is 2. The van der Waals surface area contributed by atoms with Crippen molar-refractivity contribution in [2.45, 2.75) is 71.4 Å². The van der Waals surface area contributed by atoms with Gasteiger partial charge in [-0.25, -0.2) is 8.78 Å². The average Bonchev–Trinajstić information content (AvgIpc) is 3.38. The number of aryl methyl sites for hydroxylation is 2. The molecule has 354 valence electrons. The minimum absolute atomic E-state index is 0.133. The van der Waals surface area contributed by atoms with Gasteiger partial charge in [0, 0.05) is 29.5 Å². The molecule has 0 aliphatic carbocycles. The summed E-state index contributed by atoms with van der Waals surface area (Å²) in [7, 11) is 0. The Hall–Kier alpha value is -7.95. The van der Waals surface area contributed by atoms with Crippen molar-refractivity contribution in [1.29, 1.82) is 0 Å². The second kappa shape index (κ2) is 22.0. The lowest BCUT2D eigenvalue weighted by Crippen LogP contribution is -2.30. The van der Waals surface area contributed by atoms with Gasteiger partial charge in [0.1, 0.15) is 55.5 Å². The normalized spacial score (nSPS) is 15.7. The molecule has 1 N–H and O–H groups in total. The summed E-state index contributed by atoms with van der Waals surface area (Å²) in [6, 6.07) is 55.9. The predicted molar refractivity (Wildman–Crippen MR) is 263 cm³/mol. The Morgan fingerprint density at radius 2 is 0.886 bits per heavy atom. The van der Waals surface area contributed by atoms with Gasteiger partial charge in [0.15, 0.2) is 35.0 Å². The molecule has 70 heavy (non-hydrogen) atoms. The third kappa shape index (κ3) is 11.7. The van der Waals surface area contributed by atoms with Gasteiger partial charge < -0.3 is 33.5 Å². The smallest absolute Gasteiger partial charge is 0.182 e. The Labute approximate surface area is 406 Å². The molecule has 8 aromatic carbocycles. The van der Waals surface area contributed by atoms with Gasteiger partial charge in [-0.15, -0.1) is 0 Å². The maximum absolute atomic E-state index is 14.8. The number of carbonyl (C=O) groups excluding carboxylic acids is 1. The number of aliphatic hydroxyl groups excluding tert-OH is 1. The highest BCUT2D eigenvalue weighted by Crippen LogP contribution is 2.43. The van der Waals surface area contributed by atoms with Crippen LogP contribution in [0.5, 0.6) is 34.5 Å². The number of fused-ring (bicyclic) bond motifs is 2. The maximum Gasteiger partial charge on any atom is 0.182 e. The Morgan fingerprint density at radius 3 is 1.34 bits per heavy atom. The number of ether oxygens (including phenoxy) is 6. The summed E-state index contributed by atoms with van der Waals surface area (Å²) < 4.78 is 65.3. The molecule has 0 spiro atoms. The lowest BCUT2D eigenvalue weighted by atomic mass is 9.93. The number of aliphatic hydroxyl groups is 1. The van der Waals surface area contributed by atoms with Crippen LogP contribution >= 0.6 is 0 Å². The van der Waals surface area contributed by atoms with Crippen molar-refractivity contribution in [3.8, 4) is 34.5 Å². The molecule has 0 saturated heterocycles. The molecule has 2 aliphatic heterocycles. The number of carbonyl (C=O) groups is 1. The minimum atomic E-state index is -0.885. The van der Waals surface area contributed by atoms with Crippen LogP contribution in [-0.4, -0.2) is 17.0 Å². The summed E-state index contributed by atoms with van der Waals surface area (Å²) in [6.45, 7) is 5.27. The van der Waals surface area contributed by atoms with Crippen LogP contribution in [0.2, 0.25) is 0 Å². The highest BCUT2D eigenvalue weighted by Gasteiger charge is 2.34. The molecule has 0 saturated carbocycles. The summed E-state index contributed by atoms with van der Waals surface area (Å²) in [5, 5.41) is 10.9. The number of benzene rings is 8. The van der Waals surface area contributed by atoms with Gasteiger partial charge in [-0.1, -0.05) is 133 Å². The molecule has 0 amide bonds. The van der Waals surface area contributed by atoms with Gasteiger partial charge in [-0.05, 0) is 101 Å². The number of Topliss-reactive ketones (excluding diaryl/α,β-unsaturated/α-hetero) is 1. The first-order chi connectivity index (χ1) is 34.1. The number of hydrogen-bond acceptors (Lipinski definition) is 8. The van der Waals surface area contributed by atoms with E-state index in [0.29, 0.717) is 53.8 Å². The van der Waals surface area contributed by atoms with E-state index in [-0.39, 0.29) is 36.9 Å². The fraction of sp³-hybridized carbons (Fsp3) is 0.183. The van der Waals surface area contributed by atoms with Gasteiger partial charge in [0.25, 0.3) is 0 Å². The summed E-state index contributed by atoms with van der Waals surface area (Å²) >= 11 is 0. The first-order valence-electron chi connectivity index (χ1n) is 23.2. The molecule has 2 heterocycles. The van der Waals surface area contributed by atoms with Crippen LogP contribution in [0.3, 0.4) is 0 Å². The van der Waals surface area contributed by atoms with Crippen molar-refractivity contribution in [2.24, 2.45) is 0 Å². The van der Waals surface area contributed by atoms with Crippen LogP contribution in [-0.2, 0) is 44.1 Å². The third-order valence-corrected chi connectivity index (χ3v) is 12.0. The van der Waals surface area contributed by atoms with E-state index < -0.39 is 29.9 Å². The predicted octanol–water partition coefficient (Wildman–Crippen LogP) is 12.9. The molecule has 8 nitrogen and oxygen atoms in total. The Balaban J connectivity index is 0.000000174. The molecule has 0 bridgehead atoms. The standard InChI is InChI=1S/C30H27FO4.C30H25FO4/c2*1-20-14-28(34-19-22-10-6-3-7-11-22)24-17-26(32)30(35-29(24)15-20)23-12-13-27(25(31)16-23)33-18-21-8-4-2-5-9-21/h2-16,26,30,32H,17-19H2,1H3;2-16,30H,17-19H2,1H3/t26-,30?;/m0./s1. The molecule has 0 aromatic heterocycles. The molecule has 2 aliphatic rings. The monoisotopic (exact) mass is 938 g/mol. The molecule has 0 radical (unpaired) electrons. The van der Waals surface area contributed by atoms with Crippen molar-refractivity contribution >= 4 is 5.78 Å². The van der Waals surface area contributed by atoms with Crippen LogP contribution in [0, 0.1) is 25.5 Å². The van der Waals surface area contributed by atoms with Crippen LogP contribution in [0.4, 0.5) is 8.78 Å². The van der Waals surface area contributed by atoms with Crippen molar-refractivity contribution in [2.75, 3.05) is 0 Å². The minimum Gasteiger partial charge on any atom is -0.488 e. The van der Waals surface area contributed by atoms with E-state index in [9.17, 15) is 18.7 Å². The SMILES string of the molecule is Cc1cc(OCc2ccccc2)c2c(c1)OC(c1ccc(OCc3ccccc3)c(F)c1)C(=O)C2.Cc1cc(OCc2ccccc2)c2c(c1)OC(c1ccc(OCc3ccccc3)c(F)c1)[C@@H](O)C2. The Bertz CT molecular complexity index is 3040. The molecular weight excluding hydrogens is 887 g/mol. The summed E-state index contributed by atoms with van der Waals surface area (Å²) in [5.74, 6) is 1.68. The van der Waals surface area contributed by atoms with E-state index in [1.165, 1.54) is 12.1 Å². The van der Waals surface area contributed by atoms with Crippen LogP contribution in [0.25, 0.3) is 0 Å². The lowest BCUT2D eigenvalue weighted by Gasteiger charge is -2.32. The lowest BCUT2D eigenvalue weighted by molar-refractivity contribution is -0.126. The van der Waals surface area contributed by atoms with Crippen LogP contribution in [0.1, 0.15) is 67.8 Å². The first-order valence-corrected chi connectivity index (χ1v) is 23.2. The summed E-state index contributed by atoms with van der Waals surface area (Å²) in [4.78, 5) is 13.0. The molecule has 10 heteroatoms. The van der Waals surface area contributed by atoms with Gasteiger partial charge >= 0.3 is 0 Å². The van der Waals surface area contributed by atoms with Crippen molar-refractivity contribution in [3.05, 3.63) is 249 Å². The highest BCUT2D eigenvalue weighted by molar-refractivity contribution is 5.89. The fourth-order valence-corrected chi connectivity index (χ4v) is 8.43. The van der Waals surface area contributed by atoms with Gasteiger partial charge in [-0.3, -0.25) is 4.79 Å². The van der Waals surface area contributed by atoms with Gasteiger partial charge in [-0.2, -0.15) is 0 Å². The quantitative estimate of drug-likeness (QED) is 0.115. The van der Waals surface area contributed by atoms with Gasteiger partial charge in [0.2, 0.25) is 0 Å².